The summed E-state index contributed by atoms with van der Waals surface area (Å²) in [6.45, 7) is 0. The maximum atomic E-state index is 15.9. The molecule has 0 saturated heterocycles. The molecule has 0 unspecified atom stereocenters. The third-order valence-electron chi connectivity index (χ3n) is 12.7. The van der Waals surface area contributed by atoms with Crippen molar-refractivity contribution in [3.05, 3.63) is 89.5 Å². The molecule has 3 aromatic rings. The highest BCUT2D eigenvalue weighted by Gasteiger charge is 2.94. The van der Waals surface area contributed by atoms with Crippen molar-refractivity contribution in [2.24, 2.45) is 0 Å². The van der Waals surface area contributed by atoms with Crippen LogP contribution in [0.2, 0.25) is 0 Å². The largest absolute Gasteiger partial charge is 0.460 e. The molecule has 0 N–H and O–H groups in total. The topological polar surface area (TPSA) is 26.3 Å². The second-order valence-corrected chi connectivity index (χ2v) is 19.3. The fourth-order valence-corrected chi connectivity index (χ4v) is 11.9. The minimum absolute atomic E-state index is 0.0454. The molecule has 6 rings (SSSR count). The predicted molar refractivity (Wildman–Crippen MR) is 201 cm³/mol. The normalized spacial score (nSPS) is 19.3. The van der Waals surface area contributed by atoms with Crippen molar-refractivity contribution in [2.45, 2.75) is 170 Å². The maximum absolute atomic E-state index is 15.9. The molecule has 0 radical (unpaired) electrons. The molecular formula is C44H45F15O2S. The first-order valence-corrected chi connectivity index (χ1v) is 22.1. The van der Waals surface area contributed by atoms with Gasteiger partial charge in [0.2, 0.25) is 0 Å². The van der Waals surface area contributed by atoms with Crippen molar-refractivity contribution in [2.75, 3.05) is 0 Å². The number of hydrogen-bond acceptors (Lipinski definition) is 2. The van der Waals surface area contributed by atoms with Gasteiger partial charge in [-0.2, -0.15) is 65.9 Å². The molecule has 344 valence electrons. The standard InChI is InChI=1S/C44H45F15O2S/c45-38(46,39(47,48)40(49,50)41(51,52)42(53,54)43(55,56)44(57,58)59)37(60)61-62(34-22-16-31(17-23-34)28-10-4-1-5-11-28,35-24-18-32(19-25-35)29-12-6-2-7-13-29)36-26-20-33(21-27-36)30-14-8-3-9-15-30/h16-30H,1-15H2. The lowest BCUT2D eigenvalue weighted by atomic mass is 9.84. The molecule has 0 atom stereocenters. The average molecular weight is 923 g/mol. The van der Waals surface area contributed by atoms with Gasteiger partial charge in [-0.15, -0.1) is 0 Å². The molecule has 3 aliphatic carbocycles. The number of carbonyl (C=O) groups is 1. The Morgan fingerprint density at radius 2 is 0.645 bits per heavy atom. The Balaban J connectivity index is 1.51. The third kappa shape index (κ3) is 8.20. The second kappa shape index (κ2) is 17.4. The lowest BCUT2D eigenvalue weighted by Gasteiger charge is -2.43. The molecule has 0 aromatic heterocycles. The second-order valence-electron chi connectivity index (χ2n) is 16.6. The summed E-state index contributed by atoms with van der Waals surface area (Å²) < 4.78 is 221. The highest BCUT2D eigenvalue weighted by atomic mass is 32.3. The molecule has 2 nitrogen and oxygen atoms in total. The summed E-state index contributed by atoms with van der Waals surface area (Å²) in [6, 6.07) is 17.6. The van der Waals surface area contributed by atoms with Crippen LogP contribution in [0.25, 0.3) is 0 Å². The highest BCUT2D eigenvalue weighted by molar-refractivity contribution is 8.30. The fourth-order valence-electron chi connectivity index (χ4n) is 8.92. The Hall–Kier alpha value is -3.57. The van der Waals surface area contributed by atoms with Gasteiger partial charge in [0.05, 0.1) is 0 Å². The Morgan fingerprint density at radius 3 is 0.919 bits per heavy atom. The Labute approximate surface area is 350 Å². The van der Waals surface area contributed by atoms with E-state index in [9.17, 15) is 53.1 Å². The summed E-state index contributed by atoms with van der Waals surface area (Å²) in [4.78, 5) is 13.2. The molecule has 0 heterocycles. The van der Waals surface area contributed by atoms with E-state index in [1.807, 2.05) is 0 Å². The quantitative estimate of drug-likeness (QED) is 0.160. The summed E-state index contributed by atoms with van der Waals surface area (Å²) >= 11 is 0. The van der Waals surface area contributed by atoms with Crippen molar-refractivity contribution in [3.8, 4) is 0 Å². The first-order valence-electron chi connectivity index (χ1n) is 20.6. The van der Waals surface area contributed by atoms with Gasteiger partial charge in [-0.05, 0) is 120 Å². The van der Waals surface area contributed by atoms with Gasteiger partial charge < -0.3 is 4.18 Å². The number of halogens is 15. The van der Waals surface area contributed by atoms with Crippen LogP contribution in [0, 0.1) is 0 Å². The molecule has 0 amide bonds. The van der Waals surface area contributed by atoms with Crippen LogP contribution in [0.1, 0.15) is 131 Å². The molecule has 3 aliphatic rings. The van der Waals surface area contributed by atoms with E-state index in [-0.39, 0.29) is 32.4 Å². The van der Waals surface area contributed by atoms with E-state index in [4.69, 9.17) is 4.18 Å². The van der Waals surface area contributed by atoms with Gasteiger partial charge in [0.1, 0.15) is 0 Å². The van der Waals surface area contributed by atoms with Crippen LogP contribution >= 0.6 is 10.3 Å². The summed E-state index contributed by atoms with van der Waals surface area (Å²) in [6.07, 6.45) is 5.28. The van der Waals surface area contributed by atoms with E-state index < -0.39 is 58.0 Å². The molecule has 0 spiro atoms. The number of rotatable bonds is 13. The van der Waals surface area contributed by atoms with E-state index in [2.05, 4.69) is 0 Å². The van der Waals surface area contributed by atoms with Crippen LogP contribution < -0.4 is 0 Å². The van der Waals surface area contributed by atoms with Gasteiger partial charge in [-0.25, -0.2) is 4.79 Å². The van der Waals surface area contributed by atoms with Crippen molar-refractivity contribution < 1.29 is 74.8 Å². The number of alkyl halides is 15. The van der Waals surface area contributed by atoms with E-state index in [1.165, 1.54) is 36.4 Å². The fraction of sp³-hybridized carbons (Fsp3) is 0.568. The lowest BCUT2D eigenvalue weighted by molar-refractivity contribution is -0.450. The Bertz CT molecular complexity index is 1830. The first-order chi connectivity index (χ1) is 28.8. The SMILES string of the molecule is O=C(OS(c1ccc(C2CCCCC2)cc1)(c1ccc(C2CCCCC2)cc1)c1ccc(C2CCCCC2)cc1)C(F)(F)C(F)(F)C(F)(F)C(F)(F)C(F)(F)C(F)(F)C(F)(F)F. The van der Waals surface area contributed by atoms with E-state index >= 15 is 17.6 Å². The minimum Gasteiger partial charge on any atom is -0.397 e. The van der Waals surface area contributed by atoms with Crippen molar-refractivity contribution >= 4 is 16.3 Å². The smallest absolute Gasteiger partial charge is 0.397 e. The molecule has 3 saturated carbocycles. The highest BCUT2D eigenvalue weighted by Crippen LogP contribution is 2.71. The van der Waals surface area contributed by atoms with Crippen molar-refractivity contribution in [1.29, 1.82) is 0 Å². The minimum atomic E-state index is -8.55. The lowest BCUT2D eigenvalue weighted by Crippen LogP contribution is -2.73. The summed E-state index contributed by atoms with van der Waals surface area (Å²) in [7, 11) is -4.18. The van der Waals surface area contributed by atoms with Crippen LogP contribution in [-0.2, 0) is 8.98 Å². The third-order valence-corrected chi connectivity index (χ3v) is 15.9. The molecule has 62 heavy (non-hydrogen) atoms. The Morgan fingerprint density at radius 1 is 0.387 bits per heavy atom. The summed E-state index contributed by atoms with van der Waals surface area (Å²) in [5.41, 5.74) is 2.30. The molecule has 0 bridgehead atoms. The van der Waals surface area contributed by atoms with E-state index in [0.29, 0.717) is 0 Å². The average Bonchev–Trinajstić information content (AvgIpc) is 3.26. The van der Waals surface area contributed by atoms with Crippen LogP contribution in [0.5, 0.6) is 0 Å². The molecule has 3 fully saturated rings. The van der Waals surface area contributed by atoms with Crippen LogP contribution in [0.4, 0.5) is 65.9 Å². The predicted octanol–water partition coefficient (Wildman–Crippen LogP) is 15.9. The van der Waals surface area contributed by atoms with Crippen molar-refractivity contribution in [3.63, 3.8) is 0 Å². The van der Waals surface area contributed by atoms with Gasteiger partial charge in [0.15, 0.2) is 0 Å². The zero-order chi connectivity index (χ0) is 45.6. The molecule has 0 aliphatic heterocycles. The van der Waals surface area contributed by atoms with Crippen LogP contribution in [0.3, 0.4) is 0 Å². The number of benzene rings is 3. The van der Waals surface area contributed by atoms with Crippen LogP contribution in [0.15, 0.2) is 87.5 Å². The monoisotopic (exact) mass is 922 g/mol. The van der Waals surface area contributed by atoms with E-state index in [1.54, 1.807) is 36.4 Å². The molecule has 18 heteroatoms. The van der Waals surface area contributed by atoms with Crippen LogP contribution in [-0.4, -0.2) is 47.7 Å². The van der Waals surface area contributed by atoms with Gasteiger partial charge in [-0.1, -0.05) is 94.2 Å². The number of hydrogen-bond donors (Lipinski definition) is 0. The number of carbonyl (C=O) groups excluding carboxylic acids is 1. The molecule has 3 aromatic carbocycles. The first kappa shape index (κ1) is 47.9. The maximum Gasteiger partial charge on any atom is 0.460 e. The van der Waals surface area contributed by atoms with Gasteiger partial charge in [0, 0.05) is 14.7 Å². The summed E-state index contributed by atoms with van der Waals surface area (Å²) in [5, 5.41) is 0. The zero-order valence-corrected chi connectivity index (χ0v) is 34.0. The Kier molecular flexibility index (Phi) is 13.5. The van der Waals surface area contributed by atoms with Gasteiger partial charge in [0.25, 0.3) is 0 Å². The zero-order valence-electron chi connectivity index (χ0n) is 33.2. The summed E-state index contributed by atoms with van der Waals surface area (Å²) in [5.74, 6) is -52.4. The van der Waals surface area contributed by atoms with Gasteiger partial charge in [-0.3, -0.25) is 0 Å². The van der Waals surface area contributed by atoms with Gasteiger partial charge >= 0.3 is 47.7 Å². The van der Waals surface area contributed by atoms with Crippen molar-refractivity contribution in [1.82, 2.24) is 0 Å². The molecular weight excluding hydrogens is 878 g/mol. The van der Waals surface area contributed by atoms with E-state index in [0.717, 1.165) is 113 Å².